The van der Waals surface area contributed by atoms with Gasteiger partial charge in [0, 0.05) is 12.3 Å². The number of H-pyrrole nitrogens is 1. The Balaban J connectivity index is 1.66. The number of amides is 1. The number of nitrogens with one attached hydrogen (secondary N) is 2. The van der Waals surface area contributed by atoms with E-state index in [0.717, 1.165) is 11.1 Å². The van der Waals surface area contributed by atoms with Gasteiger partial charge in [0.15, 0.2) is 5.16 Å². The molecule has 0 aliphatic rings. The average molecular weight is 365 g/mol. The predicted octanol–water partition coefficient (Wildman–Crippen LogP) is 2.96. The molecule has 6 heteroatoms. The van der Waals surface area contributed by atoms with E-state index in [4.69, 9.17) is 0 Å². The van der Waals surface area contributed by atoms with Crippen molar-refractivity contribution in [2.75, 3.05) is 5.75 Å². The molecule has 26 heavy (non-hydrogen) atoms. The van der Waals surface area contributed by atoms with E-state index >= 15 is 0 Å². The number of hydrogen-bond acceptors (Lipinski definition) is 4. The van der Waals surface area contributed by atoms with E-state index in [1.54, 1.807) is 0 Å². The minimum absolute atomic E-state index is 0.105. The van der Waals surface area contributed by atoms with Gasteiger partial charge in [0.05, 0.1) is 11.8 Å². The Morgan fingerprint density at radius 2 is 1.73 bits per heavy atom. The Morgan fingerprint density at radius 1 is 1.04 bits per heavy atom. The summed E-state index contributed by atoms with van der Waals surface area (Å²) in [6, 6.07) is 21.2. The maximum Gasteiger partial charge on any atom is 0.251 e. The second-order valence-corrected chi connectivity index (χ2v) is 6.71. The summed E-state index contributed by atoms with van der Waals surface area (Å²) in [5.74, 6) is 0.0803. The quantitative estimate of drug-likeness (QED) is 0.499. The summed E-state index contributed by atoms with van der Waals surface area (Å²) in [6.45, 7) is 0. The van der Waals surface area contributed by atoms with E-state index in [9.17, 15) is 9.59 Å². The van der Waals surface area contributed by atoms with E-state index in [2.05, 4.69) is 27.4 Å². The van der Waals surface area contributed by atoms with Gasteiger partial charge in [-0.05, 0) is 17.5 Å². The SMILES string of the molecule is O=C(CSc1nccc(=O)[nH]1)N[C@@H](Cc1ccccc1)c1ccccc1. The number of thioether (sulfide) groups is 1. The Hall–Kier alpha value is -2.86. The molecule has 0 bridgehead atoms. The molecule has 0 radical (unpaired) electrons. The van der Waals surface area contributed by atoms with Gasteiger partial charge in [-0.2, -0.15) is 0 Å². The minimum atomic E-state index is -0.228. The lowest BCUT2D eigenvalue weighted by molar-refractivity contribution is -0.119. The van der Waals surface area contributed by atoms with Crippen LogP contribution < -0.4 is 10.9 Å². The molecule has 0 aliphatic heterocycles. The summed E-state index contributed by atoms with van der Waals surface area (Å²) in [4.78, 5) is 30.4. The van der Waals surface area contributed by atoms with Crippen LogP contribution in [0.4, 0.5) is 0 Å². The third kappa shape index (κ3) is 5.32. The van der Waals surface area contributed by atoms with Gasteiger partial charge < -0.3 is 10.3 Å². The van der Waals surface area contributed by atoms with Gasteiger partial charge in [-0.3, -0.25) is 9.59 Å². The number of carbonyl (C=O) groups is 1. The van der Waals surface area contributed by atoms with E-state index < -0.39 is 0 Å². The fraction of sp³-hybridized carbons (Fsp3) is 0.150. The average Bonchev–Trinajstić information content (AvgIpc) is 2.67. The van der Waals surface area contributed by atoms with Gasteiger partial charge >= 0.3 is 0 Å². The van der Waals surface area contributed by atoms with Crippen LogP contribution in [0.15, 0.2) is 82.9 Å². The molecule has 1 aromatic heterocycles. The third-order valence-electron chi connectivity index (χ3n) is 3.81. The summed E-state index contributed by atoms with van der Waals surface area (Å²) in [7, 11) is 0. The highest BCUT2D eigenvalue weighted by molar-refractivity contribution is 7.99. The van der Waals surface area contributed by atoms with E-state index in [0.29, 0.717) is 11.6 Å². The molecule has 3 rings (SSSR count). The molecule has 0 saturated heterocycles. The summed E-state index contributed by atoms with van der Waals surface area (Å²) >= 11 is 1.21. The molecule has 0 aliphatic carbocycles. The molecule has 1 amide bonds. The molecule has 0 fully saturated rings. The zero-order valence-electron chi connectivity index (χ0n) is 14.1. The smallest absolute Gasteiger partial charge is 0.251 e. The lowest BCUT2D eigenvalue weighted by Crippen LogP contribution is -2.31. The monoisotopic (exact) mass is 365 g/mol. The second-order valence-electron chi connectivity index (χ2n) is 5.75. The van der Waals surface area contributed by atoms with Crippen molar-refractivity contribution in [3.8, 4) is 0 Å². The molecule has 0 spiro atoms. The number of nitrogens with zero attached hydrogens (tertiary/aromatic N) is 1. The van der Waals surface area contributed by atoms with Gasteiger partial charge in [0.2, 0.25) is 5.91 Å². The van der Waals surface area contributed by atoms with Crippen molar-refractivity contribution in [3.05, 3.63) is 94.4 Å². The summed E-state index contributed by atoms with van der Waals surface area (Å²) in [5, 5.41) is 3.52. The zero-order valence-corrected chi connectivity index (χ0v) is 14.9. The molecule has 3 aromatic rings. The lowest BCUT2D eigenvalue weighted by atomic mass is 9.99. The van der Waals surface area contributed by atoms with Crippen molar-refractivity contribution >= 4 is 17.7 Å². The zero-order chi connectivity index (χ0) is 18.2. The standard InChI is InChI=1S/C20H19N3O2S/c24-18-11-12-21-20(23-18)26-14-19(25)22-17(16-9-5-2-6-10-16)13-15-7-3-1-4-8-15/h1-12,17H,13-14H2,(H,22,25)(H,21,23,24)/t17-/m0/s1. The molecule has 5 nitrogen and oxygen atoms in total. The van der Waals surface area contributed by atoms with Crippen LogP contribution in [-0.4, -0.2) is 21.6 Å². The van der Waals surface area contributed by atoms with E-state index in [1.807, 2.05) is 48.5 Å². The number of rotatable bonds is 7. The van der Waals surface area contributed by atoms with Gasteiger partial charge in [-0.15, -0.1) is 0 Å². The largest absolute Gasteiger partial charge is 0.348 e. The van der Waals surface area contributed by atoms with Crippen molar-refractivity contribution in [3.63, 3.8) is 0 Å². The molecule has 2 N–H and O–H groups in total. The van der Waals surface area contributed by atoms with Crippen LogP contribution in [0.25, 0.3) is 0 Å². The molecule has 0 unspecified atom stereocenters. The van der Waals surface area contributed by atoms with Crippen LogP contribution in [0.5, 0.6) is 0 Å². The molecular weight excluding hydrogens is 346 g/mol. The summed E-state index contributed by atoms with van der Waals surface area (Å²) in [5.41, 5.74) is 1.98. The summed E-state index contributed by atoms with van der Waals surface area (Å²) in [6.07, 6.45) is 2.14. The van der Waals surface area contributed by atoms with E-state index in [1.165, 1.54) is 24.0 Å². The number of carbonyl (C=O) groups excluding carboxylic acids is 1. The third-order valence-corrected chi connectivity index (χ3v) is 4.70. The number of aromatic nitrogens is 2. The van der Waals surface area contributed by atoms with E-state index in [-0.39, 0.29) is 23.3 Å². The number of benzene rings is 2. The van der Waals surface area contributed by atoms with Gasteiger partial charge in [-0.25, -0.2) is 4.98 Å². The Morgan fingerprint density at radius 3 is 2.42 bits per heavy atom. The normalized spacial score (nSPS) is 11.7. The maximum absolute atomic E-state index is 12.4. The minimum Gasteiger partial charge on any atom is -0.348 e. The van der Waals surface area contributed by atoms with Gasteiger partial charge in [0.1, 0.15) is 0 Å². The first kappa shape index (κ1) is 17.9. The van der Waals surface area contributed by atoms with Crippen LogP contribution in [0.2, 0.25) is 0 Å². The maximum atomic E-state index is 12.4. The van der Waals surface area contributed by atoms with Crippen molar-refractivity contribution < 1.29 is 4.79 Å². The second kappa shape index (κ2) is 9.01. The first-order chi connectivity index (χ1) is 12.7. The van der Waals surface area contributed by atoms with Crippen LogP contribution >= 0.6 is 11.8 Å². The number of aromatic amines is 1. The first-order valence-corrected chi connectivity index (χ1v) is 9.25. The molecule has 2 aromatic carbocycles. The molecule has 1 heterocycles. The van der Waals surface area contributed by atoms with Crippen LogP contribution in [0.3, 0.4) is 0 Å². The number of hydrogen-bond donors (Lipinski definition) is 2. The lowest BCUT2D eigenvalue weighted by Gasteiger charge is -2.19. The molecule has 1 atom stereocenters. The summed E-state index contributed by atoms with van der Waals surface area (Å²) < 4.78 is 0. The highest BCUT2D eigenvalue weighted by atomic mass is 32.2. The van der Waals surface area contributed by atoms with Crippen molar-refractivity contribution in [2.24, 2.45) is 0 Å². The van der Waals surface area contributed by atoms with Crippen molar-refractivity contribution in [1.29, 1.82) is 0 Å². The Bertz CT molecular complexity index is 897. The Kier molecular flexibility index (Phi) is 6.22. The van der Waals surface area contributed by atoms with Crippen molar-refractivity contribution in [1.82, 2.24) is 15.3 Å². The first-order valence-electron chi connectivity index (χ1n) is 8.27. The molecule has 0 saturated carbocycles. The topological polar surface area (TPSA) is 74.8 Å². The molecule has 132 valence electrons. The van der Waals surface area contributed by atoms with Crippen LogP contribution in [0, 0.1) is 0 Å². The fourth-order valence-electron chi connectivity index (χ4n) is 2.58. The van der Waals surface area contributed by atoms with Crippen LogP contribution in [0.1, 0.15) is 17.2 Å². The van der Waals surface area contributed by atoms with Gasteiger partial charge in [-0.1, -0.05) is 72.4 Å². The van der Waals surface area contributed by atoms with Crippen LogP contribution in [-0.2, 0) is 11.2 Å². The van der Waals surface area contributed by atoms with Crippen molar-refractivity contribution in [2.45, 2.75) is 17.6 Å². The highest BCUT2D eigenvalue weighted by Crippen LogP contribution is 2.19. The Labute approximate surface area is 155 Å². The van der Waals surface area contributed by atoms with Gasteiger partial charge in [0.25, 0.3) is 5.56 Å². The fourth-order valence-corrected chi connectivity index (χ4v) is 3.24. The highest BCUT2D eigenvalue weighted by Gasteiger charge is 2.15. The molecular formula is C20H19N3O2S. The predicted molar refractivity (Wildman–Crippen MR) is 103 cm³/mol.